The van der Waals surface area contributed by atoms with Crippen LogP contribution >= 0.6 is 0 Å². The van der Waals surface area contributed by atoms with E-state index in [-0.39, 0.29) is 11.6 Å². The summed E-state index contributed by atoms with van der Waals surface area (Å²) in [5, 5.41) is 0. The Bertz CT molecular complexity index is 621. The Labute approximate surface area is 136 Å². The molecule has 23 heavy (non-hydrogen) atoms. The molecule has 0 spiro atoms. The quantitative estimate of drug-likeness (QED) is 0.856. The maximum atomic E-state index is 14.6. The maximum absolute atomic E-state index is 14.6. The van der Waals surface area contributed by atoms with E-state index in [1.807, 2.05) is 6.07 Å². The van der Waals surface area contributed by atoms with Gasteiger partial charge in [-0.05, 0) is 31.5 Å². The van der Waals surface area contributed by atoms with Crippen LogP contribution in [0.15, 0.2) is 12.1 Å². The van der Waals surface area contributed by atoms with Crippen LogP contribution in [0.5, 0.6) is 0 Å². The predicted octanol–water partition coefficient (Wildman–Crippen LogP) is 2.52. The number of halogens is 1. The van der Waals surface area contributed by atoms with E-state index in [0.717, 1.165) is 45.0 Å². The number of carbonyl (C=O) groups excluding carboxylic acids is 1. The molecule has 1 saturated carbocycles. The topological polar surface area (TPSA) is 26.8 Å². The summed E-state index contributed by atoms with van der Waals surface area (Å²) in [6.45, 7) is 7.63. The van der Waals surface area contributed by atoms with Gasteiger partial charge in [-0.15, -0.1) is 0 Å². The molecule has 1 aromatic carbocycles. The first-order valence-electron chi connectivity index (χ1n) is 8.78. The zero-order chi connectivity index (χ0) is 16.0. The number of hydrogen-bond acceptors (Lipinski definition) is 4. The highest BCUT2D eigenvalue weighted by molar-refractivity contribution is 6.04. The zero-order valence-corrected chi connectivity index (χ0v) is 13.7. The molecule has 4 nitrogen and oxygen atoms in total. The lowest BCUT2D eigenvalue weighted by atomic mass is 9.98. The summed E-state index contributed by atoms with van der Waals surface area (Å²) in [5.74, 6) is -0.169. The van der Waals surface area contributed by atoms with Crippen molar-refractivity contribution in [3.8, 4) is 0 Å². The van der Waals surface area contributed by atoms with Crippen molar-refractivity contribution in [2.24, 2.45) is 0 Å². The van der Waals surface area contributed by atoms with Crippen LogP contribution in [0.3, 0.4) is 0 Å². The van der Waals surface area contributed by atoms with E-state index >= 15 is 0 Å². The number of ketones is 1. The van der Waals surface area contributed by atoms with Crippen molar-refractivity contribution in [3.05, 3.63) is 23.5 Å². The van der Waals surface area contributed by atoms with Crippen LogP contribution in [-0.4, -0.2) is 56.0 Å². The average Bonchev–Trinajstić information content (AvgIpc) is 3.40. The lowest BCUT2D eigenvalue weighted by molar-refractivity contribution is 0.0979. The number of Topliss-reactive ketones (excluding diaryl/α,β-unsaturated/α-hetero) is 1. The molecule has 0 radical (unpaired) electrons. The molecule has 0 bridgehead atoms. The first-order valence-corrected chi connectivity index (χ1v) is 8.78. The predicted molar refractivity (Wildman–Crippen MR) is 90.0 cm³/mol. The van der Waals surface area contributed by atoms with Crippen molar-refractivity contribution >= 4 is 17.2 Å². The minimum Gasteiger partial charge on any atom is -0.367 e. The van der Waals surface area contributed by atoms with Crippen LogP contribution in [0.2, 0.25) is 0 Å². The van der Waals surface area contributed by atoms with Gasteiger partial charge in [-0.3, -0.25) is 4.79 Å². The van der Waals surface area contributed by atoms with Gasteiger partial charge in [0.25, 0.3) is 0 Å². The van der Waals surface area contributed by atoms with Gasteiger partial charge < -0.3 is 14.7 Å². The van der Waals surface area contributed by atoms with Crippen molar-refractivity contribution in [1.82, 2.24) is 4.90 Å². The molecule has 0 unspecified atom stereocenters. The van der Waals surface area contributed by atoms with Crippen LogP contribution in [0.25, 0.3) is 0 Å². The minimum atomic E-state index is -0.250. The van der Waals surface area contributed by atoms with Gasteiger partial charge in [0.15, 0.2) is 5.78 Å². The molecule has 0 N–H and O–H groups in total. The number of rotatable bonds is 3. The Hall–Kier alpha value is -1.62. The van der Waals surface area contributed by atoms with Gasteiger partial charge in [0.2, 0.25) is 0 Å². The Balaban J connectivity index is 1.66. The Kier molecular flexibility index (Phi) is 3.76. The van der Waals surface area contributed by atoms with Crippen molar-refractivity contribution in [1.29, 1.82) is 0 Å². The summed E-state index contributed by atoms with van der Waals surface area (Å²) < 4.78 is 14.6. The monoisotopic (exact) mass is 317 g/mol. The third kappa shape index (κ3) is 2.71. The van der Waals surface area contributed by atoms with E-state index in [4.69, 9.17) is 0 Å². The summed E-state index contributed by atoms with van der Waals surface area (Å²) in [4.78, 5) is 19.0. The number of fused-ring (bicyclic) bond motifs is 1. The van der Waals surface area contributed by atoms with Gasteiger partial charge in [-0.1, -0.05) is 6.92 Å². The Morgan fingerprint density at radius 1 is 1.09 bits per heavy atom. The standard InChI is InChI=1S/C18H24FN3O/c1-2-20-7-9-21(10-8-20)17-12-16-14(11-15(17)19)18(23)5-6-22(16)13-3-4-13/h11-13H,2-10H2,1H3. The molecule has 5 heteroatoms. The number of anilines is 2. The maximum Gasteiger partial charge on any atom is 0.166 e. The summed E-state index contributed by atoms with van der Waals surface area (Å²) in [5.41, 5.74) is 2.20. The number of benzene rings is 1. The summed E-state index contributed by atoms with van der Waals surface area (Å²) in [6, 6.07) is 3.96. The number of likely N-dealkylation sites (N-methyl/N-ethyl adjacent to an activating group) is 1. The van der Waals surface area contributed by atoms with Crippen molar-refractivity contribution in [2.45, 2.75) is 32.2 Å². The number of carbonyl (C=O) groups is 1. The average molecular weight is 317 g/mol. The first kappa shape index (κ1) is 14.9. The highest BCUT2D eigenvalue weighted by atomic mass is 19.1. The molecular weight excluding hydrogens is 293 g/mol. The zero-order valence-electron chi connectivity index (χ0n) is 13.7. The third-order valence-electron chi connectivity index (χ3n) is 5.40. The second-order valence-corrected chi connectivity index (χ2v) is 6.84. The summed E-state index contributed by atoms with van der Waals surface area (Å²) in [7, 11) is 0. The van der Waals surface area contributed by atoms with Crippen LogP contribution in [0.1, 0.15) is 36.5 Å². The number of nitrogens with zero attached hydrogens (tertiary/aromatic N) is 3. The van der Waals surface area contributed by atoms with E-state index in [1.54, 1.807) is 0 Å². The smallest absolute Gasteiger partial charge is 0.166 e. The fourth-order valence-corrected chi connectivity index (χ4v) is 3.80. The highest BCUT2D eigenvalue weighted by Gasteiger charge is 2.35. The van der Waals surface area contributed by atoms with Gasteiger partial charge in [-0.2, -0.15) is 0 Å². The van der Waals surface area contributed by atoms with E-state index in [9.17, 15) is 9.18 Å². The fourth-order valence-electron chi connectivity index (χ4n) is 3.80. The van der Waals surface area contributed by atoms with E-state index < -0.39 is 0 Å². The molecule has 124 valence electrons. The lowest BCUT2D eigenvalue weighted by Gasteiger charge is -2.37. The molecule has 1 aromatic rings. The molecule has 3 aliphatic rings. The van der Waals surface area contributed by atoms with Crippen LogP contribution in [0.4, 0.5) is 15.8 Å². The Morgan fingerprint density at radius 2 is 1.83 bits per heavy atom. The van der Waals surface area contributed by atoms with Crippen molar-refractivity contribution in [3.63, 3.8) is 0 Å². The van der Waals surface area contributed by atoms with E-state index in [2.05, 4.69) is 21.6 Å². The summed E-state index contributed by atoms with van der Waals surface area (Å²) in [6.07, 6.45) is 2.89. The van der Waals surface area contributed by atoms with Gasteiger partial charge in [-0.25, -0.2) is 4.39 Å². The second-order valence-electron chi connectivity index (χ2n) is 6.84. The number of hydrogen-bond donors (Lipinski definition) is 0. The summed E-state index contributed by atoms with van der Waals surface area (Å²) >= 11 is 0. The highest BCUT2D eigenvalue weighted by Crippen LogP contribution is 2.39. The molecule has 0 aromatic heterocycles. The van der Waals surface area contributed by atoms with Gasteiger partial charge in [0, 0.05) is 50.7 Å². The van der Waals surface area contributed by atoms with Gasteiger partial charge in [0.05, 0.1) is 11.4 Å². The number of piperazine rings is 1. The second kappa shape index (κ2) is 5.78. The van der Waals surface area contributed by atoms with E-state index in [1.165, 1.54) is 18.9 Å². The molecular formula is C18H24FN3O. The third-order valence-corrected chi connectivity index (χ3v) is 5.40. The molecule has 2 fully saturated rings. The van der Waals surface area contributed by atoms with Crippen molar-refractivity contribution < 1.29 is 9.18 Å². The molecule has 4 rings (SSSR count). The van der Waals surface area contributed by atoms with E-state index in [0.29, 0.717) is 23.7 Å². The lowest BCUT2D eigenvalue weighted by Crippen LogP contribution is -2.46. The Morgan fingerprint density at radius 3 is 2.48 bits per heavy atom. The van der Waals surface area contributed by atoms with Crippen LogP contribution in [-0.2, 0) is 0 Å². The first-order chi connectivity index (χ1) is 11.2. The van der Waals surface area contributed by atoms with Gasteiger partial charge >= 0.3 is 0 Å². The van der Waals surface area contributed by atoms with Gasteiger partial charge in [0.1, 0.15) is 5.82 Å². The van der Waals surface area contributed by atoms with Crippen LogP contribution < -0.4 is 9.80 Å². The normalized spacial score (nSPS) is 22.4. The molecule has 2 aliphatic heterocycles. The molecule has 0 atom stereocenters. The minimum absolute atomic E-state index is 0.0816. The molecule has 1 saturated heterocycles. The largest absolute Gasteiger partial charge is 0.367 e. The SMILES string of the molecule is CCN1CCN(c2cc3c(cc2F)C(=O)CCN3C2CC2)CC1. The molecule has 2 heterocycles. The molecule has 0 amide bonds. The molecule has 1 aliphatic carbocycles. The van der Waals surface area contributed by atoms with Crippen LogP contribution in [0, 0.1) is 5.82 Å². The van der Waals surface area contributed by atoms with Crippen molar-refractivity contribution in [2.75, 3.05) is 49.1 Å². The fraction of sp³-hybridized carbons (Fsp3) is 0.611.